The lowest BCUT2D eigenvalue weighted by Crippen LogP contribution is -2.05. The third-order valence-corrected chi connectivity index (χ3v) is 6.91. The van der Waals surface area contributed by atoms with Gasteiger partial charge in [-0.3, -0.25) is 0 Å². The molecule has 0 heterocycles. The molecule has 0 radical (unpaired) electrons. The van der Waals surface area contributed by atoms with Crippen LogP contribution in [-0.4, -0.2) is 15.3 Å². The highest BCUT2D eigenvalue weighted by molar-refractivity contribution is 5.54. The molecule has 0 atom stereocenters. The average molecular weight is 483 g/mol. The molecule has 3 N–H and O–H groups in total. The third kappa shape index (κ3) is 6.09. The molecule has 0 saturated carbocycles. The van der Waals surface area contributed by atoms with Crippen LogP contribution in [0.3, 0.4) is 0 Å². The van der Waals surface area contributed by atoms with Crippen LogP contribution in [0.1, 0.15) is 62.6 Å². The fourth-order valence-corrected chi connectivity index (χ4v) is 4.82. The molecule has 0 unspecified atom stereocenters. The Morgan fingerprint density at radius 3 is 1.92 bits per heavy atom. The molecule has 0 bridgehead atoms. The van der Waals surface area contributed by atoms with Crippen molar-refractivity contribution >= 4 is 0 Å². The Morgan fingerprint density at radius 1 is 0.778 bits per heavy atom. The van der Waals surface area contributed by atoms with E-state index in [4.69, 9.17) is 0 Å². The van der Waals surface area contributed by atoms with Crippen molar-refractivity contribution in [2.75, 3.05) is 0 Å². The molecule has 0 aliphatic rings. The highest BCUT2D eigenvalue weighted by Crippen LogP contribution is 2.34. The van der Waals surface area contributed by atoms with Gasteiger partial charge in [-0.1, -0.05) is 66.3 Å². The number of phenols is 2. The van der Waals surface area contributed by atoms with E-state index in [1.807, 2.05) is 39.8 Å². The summed E-state index contributed by atoms with van der Waals surface area (Å²) in [6, 6.07) is 12.2. The maximum atomic E-state index is 10.9. The quantitative estimate of drug-likeness (QED) is 0.226. The number of hydrogen-bond acceptors (Lipinski definition) is 3. The van der Waals surface area contributed by atoms with Gasteiger partial charge in [-0.15, -0.1) is 0 Å². The van der Waals surface area contributed by atoms with E-state index in [-0.39, 0.29) is 11.5 Å². The third-order valence-electron chi connectivity index (χ3n) is 6.91. The van der Waals surface area contributed by atoms with Crippen molar-refractivity contribution < 1.29 is 15.3 Å². The van der Waals surface area contributed by atoms with Gasteiger partial charge in [-0.2, -0.15) is 0 Å². The first kappa shape index (κ1) is 26.9. The normalized spacial score (nSPS) is 11.6. The molecule has 0 aromatic heterocycles. The molecule has 3 aromatic rings. The molecule has 3 rings (SSSR count). The number of aryl methyl sites for hydroxylation is 3. The van der Waals surface area contributed by atoms with Crippen LogP contribution >= 0.6 is 0 Å². The van der Waals surface area contributed by atoms with E-state index >= 15 is 0 Å². The zero-order valence-corrected chi connectivity index (χ0v) is 22.4. The van der Waals surface area contributed by atoms with Crippen LogP contribution in [0.5, 0.6) is 11.5 Å². The minimum absolute atomic E-state index is 0.0153. The molecule has 0 amide bonds. The van der Waals surface area contributed by atoms with Crippen molar-refractivity contribution in [1.82, 2.24) is 0 Å². The van der Waals surface area contributed by atoms with Crippen LogP contribution < -0.4 is 0 Å². The first-order chi connectivity index (χ1) is 16.9. The van der Waals surface area contributed by atoms with Crippen molar-refractivity contribution in [2.45, 2.75) is 60.8 Å². The summed E-state index contributed by atoms with van der Waals surface area (Å²) in [6.07, 6.45) is 3.57. The Morgan fingerprint density at radius 2 is 1.33 bits per heavy atom. The van der Waals surface area contributed by atoms with Crippen molar-refractivity contribution in [1.29, 1.82) is 0 Å². The average Bonchev–Trinajstić information content (AvgIpc) is 2.79. The van der Waals surface area contributed by atoms with Crippen LogP contribution in [-0.2, 0) is 19.3 Å². The van der Waals surface area contributed by atoms with Crippen molar-refractivity contribution in [3.05, 3.63) is 128 Å². The van der Waals surface area contributed by atoms with Gasteiger partial charge in [0.05, 0.1) is 0 Å². The van der Waals surface area contributed by atoms with Gasteiger partial charge in [0.2, 0.25) is 0 Å². The second kappa shape index (κ2) is 10.9. The summed E-state index contributed by atoms with van der Waals surface area (Å²) in [5, 5.41) is 31.4. The molecule has 0 saturated heterocycles. The topological polar surface area (TPSA) is 60.7 Å². The molecule has 0 aliphatic heterocycles. The van der Waals surface area contributed by atoms with Gasteiger partial charge in [-0.25, -0.2) is 0 Å². The number of phenolic OH excluding ortho intramolecular Hbond substituents is 2. The maximum absolute atomic E-state index is 10.9. The summed E-state index contributed by atoms with van der Waals surface area (Å²) < 4.78 is 0. The molecule has 0 aliphatic carbocycles. The zero-order chi connectivity index (χ0) is 26.7. The molecule has 3 heteroatoms. The number of aliphatic hydroxyl groups is 1. The molecular formula is C33H38O3. The minimum atomic E-state index is -0.0153. The zero-order valence-electron chi connectivity index (χ0n) is 22.4. The highest BCUT2D eigenvalue weighted by Gasteiger charge is 2.17. The van der Waals surface area contributed by atoms with E-state index in [0.29, 0.717) is 24.2 Å². The molecular weight excluding hydrogens is 444 g/mol. The fraction of sp³-hybridized carbons (Fsp3) is 0.273. The Balaban J connectivity index is 2.04. The molecule has 3 nitrogen and oxygen atoms in total. The molecule has 0 fully saturated rings. The van der Waals surface area contributed by atoms with Gasteiger partial charge < -0.3 is 15.3 Å². The van der Waals surface area contributed by atoms with Crippen LogP contribution in [0.2, 0.25) is 0 Å². The lowest BCUT2D eigenvalue weighted by Gasteiger charge is -2.19. The summed E-state index contributed by atoms with van der Waals surface area (Å²) in [5.74, 6) is 0.557. The Bertz CT molecular complexity index is 1370. The van der Waals surface area contributed by atoms with E-state index in [0.717, 1.165) is 45.4 Å². The summed E-state index contributed by atoms with van der Waals surface area (Å²) in [7, 11) is 0. The lowest BCUT2D eigenvalue weighted by molar-refractivity contribution is 0.422. The van der Waals surface area contributed by atoms with E-state index in [1.54, 1.807) is 12.1 Å². The van der Waals surface area contributed by atoms with Gasteiger partial charge in [0, 0.05) is 18.4 Å². The predicted octanol–water partition coefficient (Wildman–Crippen LogP) is 7.94. The van der Waals surface area contributed by atoms with Crippen molar-refractivity contribution in [2.24, 2.45) is 0 Å². The second-order valence-corrected chi connectivity index (χ2v) is 10.1. The van der Waals surface area contributed by atoms with Crippen molar-refractivity contribution in [3.8, 4) is 11.5 Å². The van der Waals surface area contributed by atoms with Crippen LogP contribution in [0.15, 0.2) is 72.5 Å². The maximum Gasteiger partial charge on any atom is 0.122 e. The van der Waals surface area contributed by atoms with Crippen molar-refractivity contribution in [3.63, 3.8) is 0 Å². The van der Waals surface area contributed by atoms with E-state index in [1.165, 1.54) is 22.3 Å². The highest BCUT2D eigenvalue weighted by atomic mass is 16.3. The summed E-state index contributed by atoms with van der Waals surface area (Å²) in [6.45, 7) is 19.7. The van der Waals surface area contributed by atoms with E-state index < -0.39 is 0 Å². The molecule has 188 valence electrons. The number of aromatic hydroxyl groups is 2. The molecule has 36 heavy (non-hydrogen) atoms. The number of rotatable bonds is 8. The standard InChI is InChI=1S/C33H38O3/c1-19(2)11-29(25(8)34)18-31-24(7)28(15-22(5)33(31)36)16-26-13-21(4)14-27(23(26)6)17-30-12-20(3)9-10-32(30)35/h9-15,34-36H,1,8,16-18H2,2-7H3/b29-11-. The Hall–Kier alpha value is -3.72. The lowest BCUT2D eigenvalue weighted by atomic mass is 9.87. The van der Waals surface area contributed by atoms with E-state index in [2.05, 4.69) is 45.2 Å². The molecule has 0 spiro atoms. The summed E-state index contributed by atoms with van der Waals surface area (Å²) in [4.78, 5) is 0. The first-order valence-electron chi connectivity index (χ1n) is 12.3. The van der Waals surface area contributed by atoms with Gasteiger partial charge in [-0.05, 0) is 98.5 Å². The number of aliphatic hydroxyl groups excluding tert-OH is 1. The SMILES string of the molecule is C=C(C)/C=C(/Cc1c(C)c(Cc2cc(C)cc(Cc3cc(C)ccc3O)c2C)cc(C)c1O)C(=C)O. The van der Waals surface area contributed by atoms with Crippen LogP contribution in [0.4, 0.5) is 0 Å². The largest absolute Gasteiger partial charge is 0.508 e. The minimum Gasteiger partial charge on any atom is -0.508 e. The smallest absolute Gasteiger partial charge is 0.122 e. The first-order valence-corrected chi connectivity index (χ1v) is 12.3. The second-order valence-electron chi connectivity index (χ2n) is 10.1. The number of allylic oxidation sites excluding steroid dienone is 3. The van der Waals surface area contributed by atoms with Crippen LogP contribution in [0, 0.1) is 34.6 Å². The Labute approximate surface area is 215 Å². The molecule has 3 aromatic carbocycles. The summed E-state index contributed by atoms with van der Waals surface area (Å²) >= 11 is 0. The monoisotopic (exact) mass is 482 g/mol. The van der Waals surface area contributed by atoms with Gasteiger partial charge in [0.1, 0.15) is 17.3 Å². The van der Waals surface area contributed by atoms with Gasteiger partial charge in [0.25, 0.3) is 0 Å². The number of benzene rings is 3. The van der Waals surface area contributed by atoms with E-state index in [9.17, 15) is 15.3 Å². The van der Waals surface area contributed by atoms with Gasteiger partial charge in [0.15, 0.2) is 0 Å². The Kier molecular flexibility index (Phi) is 8.14. The fourth-order valence-electron chi connectivity index (χ4n) is 4.82. The van der Waals surface area contributed by atoms with Crippen LogP contribution in [0.25, 0.3) is 0 Å². The van der Waals surface area contributed by atoms with Gasteiger partial charge >= 0.3 is 0 Å². The summed E-state index contributed by atoms with van der Waals surface area (Å²) in [5.41, 5.74) is 12.1. The predicted molar refractivity (Wildman–Crippen MR) is 150 cm³/mol. The number of hydrogen-bond donors (Lipinski definition) is 3.